The summed E-state index contributed by atoms with van der Waals surface area (Å²) in [4.78, 5) is 10.3. The standard InChI is InChI=1S/C21H36O3/c1-3-4-11-14-19-17-18(2)20(24-19)15-12-9-7-5-6-8-10-13-16-21(22)23/h8,10,13,16,18-20H,3-7,9,11-12,14-15,17H2,1-2H3,(H,22,23). The van der Waals surface area contributed by atoms with Gasteiger partial charge in [-0.25, -0.2) is 4.79 Å². The average molecular weight is 337 g/mol. The predicted molar refractivity (Wildman–Crippen MR) is 100 cm³/mol. The molecule has 0 spiro atoms. The number of carboxylic acid groups (broad SMARTS) is 1. The number of allylic oxidation sites excluding steroid dienone is 3. The molecule has 1 fully saturated rings. The molecular weight excluding hydrogens is 300 g/mol. The van der Waals surface area contributed by atoms with Crippen LogP contribution in [0.2, 0.25) is 0 Å². The van der Waals surface area contributed by atoms with Crippen LogP contribution >= 0.6 is 0 Å². The highest BCUT2D eigenvalue weighted by Crippen LogP contribution is 2.32. The Morgan fingerprint density at radius 3 is 2.58 bits per heavy atom. The van der Waals surface area contributed by atoms with Gasteiger partial charge in [0.25, 0.3) is 0 Å². The van der Waals surface area contributed by atoms with Gasteiger partial charge in [-0.05, 0) is 38.0 Å². The maximum absolute atomic E-state index is 10.3. The topological polar surface area (TPSA) is 46.5 Å². The zero-order valence-electron chi connectivity index (χ0n) is 15.6. The summed E-state index contributed by atoms with van der Waals surface area (Å²) in [6.07, 6.45) is 21.2. The molecule has 3 nitrogen and oxygen atoms in total. The molecule has 1 heterocycles. The fraction of sp³-hybridized carbons (Fsp3) is 0.762. The number of hydrogen-bond donors (Lipinski definition) is 1. The molecule has 1 aliphatic rings. The van der Waals surface area contributed by atoms with Gasteiger partial charge in [0.15, 0.2) is 0 Å². The van der Waals surface area contributed by atoms with Gasteiger partial charge in [-0.2, -0.15) is 0 Å². The van der Waals surface area contributed by atoms with Crippen LogP contribution in [0.5, 0.6) is 0 Å². The minimum absolute atomic E-state index is 0.484. The van der Waals surface area contributed by atoms with Crippen LogP contribution in [-0.2, 0) is 9.53 Å². The molecule has 1 rings (SSSR count). The fourth-order valence-electron chi connectivity index (χ4n) is 3.44. The van der Waals surface area contributed by atoms with Crippen molar-refractivity contribution >= 4 is 5.97 Å². The molecule has 138 valence electrons. The van der Waals surface area contributed by atoms with Crippen molar-refractivity contribution in [3.05, 3.63) is 24.3 Å². The van der Waals surface area contributed by atoms with E-state index >= 15 is 0 Å². The summed E-state index contributed by atoms with van der Waals surface area (Å²) in [6, 6.07) is 0. The minimum atomic E-state index is -0.893. The highest BCUT2D eigenvalue weighted by Gasteiger charge is 2.30. The molecule has 1 N–H and O–H groups in total. The van der Waals surface area contributed by atoms with Crippen LogP contribution in [0.1, 0.15) is 84.5 Å². The van der Waals surface area contributed by atoms with E-state index in [4.69, 9.17) is 9.84 Å². The Bertz CT molecular complexity index is 387. The average Bonchev–Trinajstić information content (AvgIpc) is 2.89. The number of carboxylic acids is 1. The number of carbonyl (C=O) groups is 1. The smallest absolute Gasteiger partial charge is 0.328 e. The summed E-state index contributed by atoms with van der Waals surface area (Å²) in [5, 5.41) is 8.46. The summed E-state index contributed by atoms with van der Waals surface area (Å²) in [6.45, 7) is 4.60. The first-order chi connectivity index (χ1) is 11.6. The number of unbranched alkanes of at least 4 members (excludes halogenated alkanes) is 6. The van der Waals surface area contributed by atoms with Gasteiger partial charge in [-0.15, -0.1) is 0 Å². The first-order valence-electron chi connectivity index (χ1n) is 9.85. The number of hydrogen-bond acceptors (Lipinski definition) is 2. The molecular formula is C21H36O3. The molecule has 0 saturated carbocycles. The second-order valence-electron chi connectivity index (χ2n) is 7.12. The lowest BCUT2D eigenvalue weighted by Gasteiger charge is -2.15. The summed E-state index contributed by atoms with van der Waals surface area (Å²) in [5.74, 6) is -0.170. The summed E-state index contributed by atoms with van der Waals surface area (Å²) in [5.41, 5.74) is 0. The molecule has 0 amide bonds. The van der Waals surface area contributed by atoms with Crippen molar-refractivity contribution in [2.24, 2.45) is 5.92 Å². The van der Waals surface area contributed by atoms with Crippen molar-refractivity contribution in [3.63, 3.8) is 0 Å². The van der Waals surface area contributed by atoms with Crippen LogP contribution in [0, 0.1) is 5.92 Å². The van der Waals surface area contributed by atoms with Gasteiger partial charge < -0.3 is 9.84 Å². The second kappa shape index (κ2) is 13.2. The third-order valence-corrected chi connectivity index (χ3v) is 4.86. The van der Waals surface area contributed by atoms with E-state index in [0.717, 1.165) is 18.4 Å². The van der Waals surface area contributed by atoms with E-state index in [1.165, 1.54) is 64.2 Å². The van der Waals surface area contributed by atoms with E-state index in [9.17, 15) is 4.79 Å². The van der Waals surface area contributed by atoms with Gasteiger partial charge >= 0.3 is 5.97 Å². The van der Waals surface area contributed by atoms with Crippen molar-refractivity contribution in [2.75, 3.05) is 0 Å². The Morgan fingerprint density at radius 1 is 1.08 bits per heavy atom. The van der Waals surface area contributed by atoms with E-state index in [1.807, 2.05) is 12.2 Å². The molecule has 3 atom stereocenters. The highest BCUT2D eigenvalue weighted by molar-refractivity contribution is 5.80. The molecule has 24 heavy (non-hydrogen) atoms. The molecule has 3 unspecified atom stereocenters. The third kappa shape index (κ3) is 9.92. The molecule has 0 aromatic rings. The molecule has 0 bridgehead atoms. The fourth-order valence-corrected chi connectivity index (χ4v) is 3.44. The molecule has 0 radical (unpaired) electrons. The van der Waals surface area contributed by atoms with E-state index in [1.54, 1.807) is 6.08 Å². The van der Waals surface area contributed by atoms with Gasteiger partial charge in [0.1, 0.15) is 0 Å². The van der Waals surface area contributed by atoms with Gasteiger partial charge in [0, 0.05) is 6.08 Å². The Hall–Kier alpha value is -1.09. The summed E-state index contributed by atoms with van der Waals surface area (Å²) < 4.78 is 6.24. The minimum Gasteiger partial charge on any atom is -0.478 e. The Kier molecular flexibility index (Phi) is 11.5. The number of ether oxygens (including phenoxy) is 1. The van der Waals surface area contributed by atoms with E-state index < -0.39 is 5.97 Å². The van der Waals surface area contributed by atoms with E-state index in [-0.39, 0.29) is 0 Å². The largest absolute Gasteiger partial charge is 0.478 e. The zero-order valence-corrected chi connectivity index (χ0v) is 15.6. The van der Waals surface area contributed by atoms with E-state index in [2.05, 4.69) is 13.8 Å². The number of aliphatic carboxylic acids is 1. The van der Waals surface area contributed by atoms with Crippen LogP contribution in [-0.4, -0.2) is 23.3 Å². The Morgan fingerprint density at radius 2 is 1.83 bits per heavy atom. The molecule has 0 aliphatic carbocycles. The lowest BCUT2D eigenvalue weighted by atomic mass is 9.96. The van der Waals surface area contributed by atoms with Crippen LogP contribution < -0.4 is 0 Å². The lowest BCUT2D eigenvalue weighted by Crippen LogP contribution is -2.14. The Labute approximate surface area is 148 Å². The predicted octanol–water partition coefficient (Wildman–Crippen LogP) is 5.90. The van der Waals surface area contributed by atoms with Gasteiger partial charge in [-0.1, -0.05) is 70.6 Å². The van der Waals surface area contributed by atoms with Crippen molar-refractivity contribution in [3.8, 4) is 0 Å². The lowest BCUT2D eigenvalue weighted by molar-refractivity contribution is -0.131. The van der Waals surface area contributed by atoms with E-state index in [0.29, 0.717) is 12.2 Å². The maximum Gasteiger partial charge on any atom is 0.328 e. The highest BCUT2D eigenvalue weighted by atomic mass is 16.5. The van der Waals surface area contributed by atoms with Crippen LogP contribution in [0.25, 0.3) is 0 Å². The summed E-state index contributed by atoms with van der Waals surface area (Å²) >= 11 is 0. The van der Waals surface area contributed by atoms with Gasteiger partial charge in [0.05, 0.1) is 12.2 Å². The van der Waals surface area contributed by atoms with Gasteiger partial charge in [0.2, 0.25) is 0 Å². The van der Waals surface area contributed by atoms with Crippen molar-refractivity contribution < 1.29 is 14.6 Å². The molecule has 1 saturated heterocycles. The summed E-state index contributed by atoms with van der Waals surface area (Å²) in [7, 11) is 0. The molecule has 0 aromatic heterocycles. The van der Waals surface area contributed by atoms with Crippen molar-refractivity contribution in [1.82, 2.24) is 0 Å². The first-order valence-corrected chi connectivity index (χ1v) is 9.85. The van der Waals surface area contributed by atoms with Crippen LogP contribution in [0.15, 0.2) is 24.3 Å². The Balaban J connectivity index is 2.00. The van der Waals surface area contributed by atoms with Crippen LogP contribution in [0.3, 0.4) is 0 Å². The monoisotopic (exact) mass is 336 g/mol. The molecule has 3 heteroatoms. The second-order valence-corrected chi connectivity index (χ2v) is 7.12. The van der Waals surface area contributed by atoms with Crippen LogP contribution in [0.4, 0.5) is 0 Å². The normalized spacial score (nSPS) is 24.3. The van der Waals surface area contributed by atoms with Crippen molar-refractivity contribution in [1.29, 1.82) is 0 Å². The zero-order chi connectivity index (χ0) is 17.6. The first kappa shape index (κ1) is 21.0. The quantitative estimate of drug-likeness (QED) is 0.259. The molecule has 1 aliphatic heterocycles. The van der Waals surface area contributed by atoms with Gasteiger partial charge in [-0.3, -0.25) is 0 Å². The molecule has 0 aromatic carbocycles. The SMILES string of the molecule is CCCCCC1CC(C)C(CCCCCCC=CC=CC(=O)O)O1. The number of rotatable bonds is 13. The third-order valence-electron chi connectivity index (χ3n) is 4.86. The van der Waals surface area contributed by atoms with Crippen molar-refractivity contribution in [2.45, 2.75) is 96.7 Å². The maximum atomic E-state index is 10.3.